The molecule has 0 bridgehead atoms. The van der Waals surface area contributed by atoms with Crippen LogP contribution in [0.15, 0.2) is 86.5 Å². The molecule has 5 heteroatoms. The van der Waals surface area contributed by atoms with E-state index in [4.69, 9.17) is 14.2 Å². The molecule has 0 amide bonds. The summed E-state index contributed by atoms with van der Waals surface area (Å²) in [6.07, 6.45) is 10.9. The monoisotopic (exact) mass is 737 g/mol. The zero-order chi connectivity index (χ0) is 41.6. The van der Waals surface area contributed by atoms with Gasteiger partial charge in [0.1, 0.15) is 18.5 Å². The van der Waals surface area contributed by atoms with Crippen LogP contribution in [0.5, 0.6) is 0 Å². The van der Waals surface area contributed by atoms with E-state index in [1.807, 2.05) is 6.92 Å². The fraction of sp³-hybridized carbons (Fsp3) is 0.625. The molecule has 0 saturated carbocycles. The quantitative estimate of drug-likeness (QED) is 0.0960. The number of hydrogen-bond donors (Lipinski definition) is 0. The average molecular weight is 737 g/mol. The standard InChI is InChI=1S/C19H30O2.C17H28O2.C8H16O.C4H6/c1-14(2)10-18(19(3,4)5)16-8-6-15(7-9-16)11-20-12-17-13-21-17;1-8-10-14(9-2)12-19-16(18)15(11-13(3)4)17(5,6)7;1-6(7(2)9)8(3,4)5;1-3-4-2/h6-9,14,17-18H,10-13H2,1-5H3;8-10,13,15H,1-2,11-12H2,3-7H3;6H,1-5H3;3-4H,1-2H2/b;14-10+;;. The van der Waals surface area contributed by atoms with E-state index < -0.39 is 0 Å². The van der Waals surface area contributed by atoms with E-state index >= 15 is 0 Å². The summed E-state index contributed by atoms with van der Waals surface area (Å²) in [5.74, 6) is 2.04. The van der Waals surface area contributed by atoms with Crippen molar-refractivity contribution in [2.24, 2.45) is 39.9 Å². The number of ketones is 1. The lowest BCUT2D eigenvalue weighted by molar-refractivity contribution is -0.152. The van der Waals surface area contributed by atoms with E-state index in [-0.39, 0.29) is 41.0 Å². The number of epoxide rings is 1. The summed E-state index contributed by atoms with van der Waals surface area (Å²) >= 11 is 0. The highest BCUT2D eigenvalue weighted by Gasteiger charge is 2.33. The zero-order valence-electron chi connectivity index (χ0n) is 36.8. The van der Waals surface area contributed by atoms with Crippen LogP contribution < -0.4 is 0 Å². The van der Waals surface area contributed by atoms with Crippen molar-refractivity contribution in [3.63, 3.8) is 0 Å². The smallest absolute Gasteiger partial charge is 0.309 e. The Labute approximate surface area is 327 Å². The molecule has 302 valence electrons. The second-order valence-electron chi connectivity index (χ2n) is 18.3. The van der Waals surface area contributed by atoms with Gasteiger partial charge in [0.05, 0.1) is 25.7 Å². The normalized spacial score (nSPS) is 15.9. The molecule has 0 aromatic heterocycles. The maximum atomic E-state index is 12.2. The second-order valence-corrected chi connectivity index (χ2v) is 18.3. The first-order chi connectivity index (χ1) is 24.3. The van der Waals surface area contributed by atoms with Crippen LogP contribution in [-0.2, 0) is 30.4 Å². The van der Waals surface area contributed by atoms with E-state index in [2.05, 4.69) is 141 Å². The zero-order valence-corrected chi connectivity index (χ0v) is 36.8. The molecule has 0 N–H and O–H groups in total. The van der Waals surface area contributed by atoms with E-state index in [0.29, 0.717) is 30.0 Å². The van der Waals surface area contributed by atoms with Crippen LogP contribution in [-0.4, -0.2) is 37.7 Å². The number of rotatable bonds is 16. The first-order valence-electron chi connectivity index (χ1n) is 19.5. The predicted molar refractivity (Wildman–Crippen MR) is 229 cm³/mol. The molecule has 1 aliphatic heterocycles. The molecule has 1 aromatic carbocycles. The molecule has 4 atom stereocenters. The third-order valence-corrected chi connectivity index (χ3v) is 9.20. The Morgan fingerprint density at radius 2 is 1.30 bits per heavy atom. The number of carbonyl (C=O) groups excluding carboxylic acids is 2. The van der Waals surface area contributed by atoms with Gasteiger partial charge in [-0.2, -0.15) is 0 Å². The molecule has 53 heavy (non-hydrogen) atoms. The van der Waals surface area contributed by atoms with Gasteiger partial charge in [0, 0.05) is 5.92 Å². The van der Waals surface area contributed by atoms with Crippen molar-refractivity contribution < 1.29 is 23.8 Å². The van der Waals surface area contributed by atoms with Crippen LogP contribution in [0.3, 0.4) is 0 Å². The minimum absolute atomic E-state index is 0.0812. The Morgan fingerprint density at radius 3 is 1.62 bits per heavy atom. The highest BCUT2D eigenvalue weighted by molar-refractivity contribution is 5.78. The largest absolute Gasteiger partial charge is 0.461 e. The molecule has 1 aliphatic rings. The summed E-state index contributed by atoms with van der Waals surface area (Å²) in [4.78, 5) is 23.0. The summed E-state index contributed by atoms with van der Waals surface area (Å²) in [6.45, 7) is 48.6. The fourth-order valence-electron chi connectivity index (χ4n) is 5.25. The summed E-state index contributed by atoms with van der Waals surface area (Å²) in [7, 11) is 0. The number of hydrogen-bond acceptors (Lipinski definition) is 5. The van der Waals surface area contributed by atoms with Gasteiger partial charge in [0.2, 0.25) is 0 Å². The van der Waals surface area contributed by atoms with Crippen LogP contribution in [0.2, 0.25) is 0 Å². The van der Waals surface area contributed by atoms with Gasteiger partial charge in [-0.05, 0) is 70.5 Å². The van der Waals surface area contributed by atoms with E-state index in [0.717, 1.165) is 31.1 Å². The van der Waals surface area contributed by atoms with Gasteiger partial charge in [-0.3, -0.25) is 9.59 Å². The fourth-order valence-corrected chi connectivity index (χ4v) is 5.25. The first kappa shape index (κ1) is 52.1. The minimum Gasteiger partial charge on any atom is -0.461 e. The molecule has 5 nitrogen and oxygen atoms in total. The van der Waals surface area contributed by atoms with Gasteiger partial charge < -0.3 is 14.2 Å². The average Bonchev–Trinajstić information content (AvgIpc) is 3.88. The Balaban J connectivity index is 0. The lowest BCUT2D eigenvalue weighted by atomic mass is 9.72. The highest BCUT2D eigenvalue weighted by Crippen LogP contribution is 2.40. The Bertz CT molecular complexity index is 1230. The molecule has 1 aromatic rings. The molecular formula is C48H80O5. The van der Waals surface area contributed by atoms with Crippen LogP contribution in [0.4, 0.5) is 0 Å². The van der Waals surface area contributed by atoms with Crippen molar-refractivity contribution in [3.05, 3.63) is 97.7 Å². The van der Waals surface area contributed by atoms with Gasteiger partial charge in [-0.15, -0.1) is 0 Å². The van der Waals surface area contributed by atoms with Crippen LogP contribution in [0, 0.1) is 39.9 Å². The number of ether oxygens (including phenoxy) is 3. The summed E-state index contributed by atoms with van der Waals surface area (Å²) < 4.78 is 16.2. The topological polar surface area (TPSA) is 65.1 Å². The van der Waals surface area contributed by atoms with Crippen LogP contribution >= 0.6 is 0 Å². The SMILES string of the molecule is C=C/C=C(\C=C)COC(=O)C(CC(C)C)C(C)(C)C.C=CC=C.CC(=O)C(C)C(C)(C)C.CC(C)CC(c1ccc(COCC2CO2)cc1)C(C)(C)C. The molecule has 1 saturated heterocycles. The van der Waals surface area contributed by atoms with Crippen LogP contribution in [0.25, 0.3) is 0 Å². The molecule has 1 heterocycles. The predicted octanol–water partition coefficient (Wildman–Crippen LogP) is 12.9. The van der Waals surface area contributed by atoms with E-state index in [1.54, 1.807) is 37.3 Å². The third kappa shape index (κ3) is 25.6. The molecule has 0 radical (unpaired) electrons. The summed E-state index contributed by atoms with van der Waals surface area (Å²) in [5.41, 5.74) is 3.90. The van der Waals surface area contributed by atoms with Gasteiger partial charge >= 0.3 is 5.97 Å². The molecule has 1 fully saturated rings. The van der Waals surface area contributed by atoms with Gasteiger partial charge in [-0.1, -0.05) is 178 Å². The third-order valence-electron chi connectivity index (χ3n) is 9.20. The van der Waals surface area contributed by atoms with Crippen molar-refractivity contribution in [1.29, 1.82) is 0 Å². The van der Waals surface area contributed by atoms with Crippen molar-refractivity contribution in [3.8, 4) is 0 Å². The number of esters is 1. The minimum atomic E-state index is -0.127. The number of Topliss-reactive ketones (excluding diaryl/α,β-unsaturated/α-hetero) is 1. The Hall–Kier alpha value is -3.02. The second kappa shape index (κ2) is 25.9. The van der Waals surface area contributed by atoms with Gasteiger partial charge in [0.25, 0.3) is 0 Å². The lowest BCUT2D eigenvalue weighted by Crippen LogP contribution is -2.31. The number of allylic oxidation sites excluding steroid dienone is 4. The van der Waals surface area contributed by atoms with Crippen molar-refractivity contribution in [2.75, 3.05) is 19.8 Å². The molecular weight excluding hydrogens is 657 g/mol. The molecule has 0 spiro atoms. The maximum Gasteiger partial charge on any atom is 0.309 e. The Kier molecular flexibility index (Phi) is 25.5. The summed E-state index contributed by atoms with van der Waals surface area (Å²) in [6, 6.07) is 8.99. The Morgan fingerprint density at radius 1 is 0.792 bits per heavy atom. The lowest BCUT2D eigenvalue weighted by Gasteiger charge is -2.32. The van der Waals surface area contributed by atoms with Gasteiger partial charge in [-0.25, -0.2) is 0 Å². The molecule has 4 unspecified atom stereocenters. The van der Waals surface area contributed by atoms with Crippen LogP contribution in [0.1, 0.15) is 134 Å². The van der Waals surface area contributed by atoms with E-state index in [1.165, 1.54) is 17.5 Å². The number of benzene rings is 1. The summed E-state index contributed by atoms with van der Waals surface area (Å²) in [5, 5.41) is 0. The maximum absolute atomic E-state index is 12.2. The van der Waals surface area contributed by atoms with Crippen molar-refractivity contribution in [1.82, 2.24) is 0 Å². The molecule has 2 rings (SSSR count). The highest BCUT2D eigenvalue weighted by atomic mass is 16.6. The van der Waals surface area contributed by atoms with E-state index in [9.17, 15) is 9.59 Å². The number of carbonyl (C=O) groups is 2. The molecule has 0 aliphatic carbocycles. The van der Waals surface area contributed by atoms with Crippen molar-refractivity contribution in [2.45, 2.75) is 135 Å². The van der Waals surface area contributed by atoms with Crippen molar-refractivity contribution >= 4 is 11.8 Å². The van der Waals surface area contributed by atoms with Gasteiger partial charge in [0.15, 0.2) is 0 Å². The first-order valence-corrected chi connectivity index (χ1v) is 19.5.